The number of aromatic nitrogens is 1. The van der Waals surface area contributed by atoms with Gasteiger partial charge in [0.25, 0.3) is 0 Å². The largest absolute Gasteiger partial charge is 0.313 e. The molecule has 0 unspecified atom stereocenters. The van der Waals surface area contributed by atoms with E-state index in [2.05, 4.69) is 53.6 Å². The van der Waals surface area contributed by atoms with Gasteiger partial charge in [0.15, 0.2) is 0 Å². The zero-order valence-corrected chi connectivity index (χ0v) is 14.7. The van der Waals surface area contributed by atoms with Gasteiger partial charge in [0.2, 0.25) is 0 Å². The number of H-pyrrole nitrogens is 1. The smallest absolute Gasteiger partial charge is 0.305 e. The first-order valence-corrected chi connectivity index (χ1v) is 8.40. The third kappa shape index (κ3) is 4.93. The summed E-state index contributed by atoms with van der Waals surface area (Å²) in [7, 11) is 0. The maximum absolute atomic E-state index is 11.3. The molecule has 2 aromatic carbocycles. The summed E-state index contributed by atoms with van der Waals surface area (Å²) in [5.74, 6) is 0. The average Bonchev–Trinajstić information content (AvgIpc) is 2.88. The Balaban J connectivity index is 0.00000192. The fourth-order valence-corrected chi connectivity index (χ4v) is 3.30. The van der Waals surface area contributed by atoms with E-state index in [1.54, 1.807) is 0 Å². The van der Waals surface area contributed by atoms with Crippen molar-refractivity contribution < 1.29 is 0 Å². The van der Waals surface area contributed by atoms with Crippen LogP contribution in [0.4, 0.5) is 0 Å². The lowest BCUT2D eigenvalue weighted by Gasteiger charge is -2.06. The van der Waals surface area contributed by atoms with Gasteiger partial charge in [0.05, 0.1) is 10.2 Å². The van der Waals surface area contributed by atoms with Gasteiger partial charge < -0.3 is 10.3 Å². The molecule has 0 fully saturated rings. The quantitative estimate of drug-likeness (QED) is 0.660. The predicted octanol–water partition coefficient (Wildman–Crippen LogP) is 4.04. The van der Waals surface area contributed by atoms with E-state index in [-0.39, 0.29) is 17.3 Å². The van der Waals surface area contributed by atoms with Gasteiger partial charge in [0, 0.05) is 6.54 Å². The van der Waals surface area contributed by atoms with Crippen molar-refractivity contribution in [2.75, 3.05) is 6.54 Å². The number of aryl methyl sites for hydroxylation is 2. The fourth-order valence-electron chi connectivity index (χ4n) is 2.50. The molecule has 3 rings (SSSR count). The number of benzene rings is 2. The summed E-state index contributed by atoms with van der Waals surface area (Å²) >= 11 is 1.28. The Bertz CT molecular complexity index is 808. The van der Waals surface area contributed by atoms with Gasteiger partial charge in [-0.05, 0) is 49.6 Å². The number of hydrogen-bond donors (Lipinski definition) is 2. The molecule has 0 amide bonds. The van der Waals surface area contributed by atoms with Crippen LogP contribution in [-0.2, 0) is 13.0 Å². The molecule has 1 heterocycles. The third-order valence-electron chi connectivity index (χ3n) is 3.75. The monoisotopic (exact) mass is 348 g/mol. The standard InChI is InChI=1S/C18H20N2OS.ClH/c1-13-4-6-15(7-5-13)12-19-10-2-3-14-8-9-16-17(11-14)22-18(21)20-16;/h4-9,11,19H,2-3,10,12H2,1H3,(H,20,21);1H. The zero-order chi connectivity index (χ0) is 15.4. The molecule has 0 saturated heterocycles. The number of thiazole rings is 1. The Labute approximate surface area is 146 Å². The van der Waals surface area contributed by atoms with Gasteiger partial charge in [-0.3, -0.25) is 4.79 Å². The molecule has 122 valence electrons. The summed E-state index contributed by atoms with van der Waals surface area (Å²) in [5.41, 5.74) is 4.85. The van der Waals surface area contributed by atoms with Crippen molar-refractivity contribution in [2.45, 2.75) is 26.3 Å². The van der Waals surface area contributed by atoms with Crippen molar-refractivity contribution in [3.8, 4) is 0 Å². The summed E-state index contributed by atoms with van der Waals surface area (Å²) in [6, 6.07) is 14.9. The van der Waals surface area contributed by atoms with Crippen molar-refractivity contribution in [2.24, 2.45) is 0 Å². The molecule has 0 saturated carbocycles. The fraction of sp³-hybridized carbons (Fsp3) is 0.278. The van der Waals surface area contributed by atoms with Crippen LogP contribution in [0.1, 0.15) is 23.1 Å². The molecule has 0 spiro atoms. The highest BCUT2D eigenvalue weighted by Crippen LogP contribution is 2.17. The lowest BCUT2D eigenvalue weighted by Crippen LogP contribution is -2.15. The molecule has 0 bridgehead atoms. The van der Waals surface area contributed by atoms with Crippen LogP contribution in [0.3, 0.4) is 0 Å². The molecular weight excluding hydrogens is 328 g/mol. The van der Waals surface area contributed by atoms with E-state index in [9.17, 15) is 4.79 Å². The van der Waals surface area contributed by atoms with Gasteiger partial charge in [0.1, 0.15) is 0 Å². The molecule has 1 aromatic heterocycles. The van der Waals surface area contributed by atoms with Gasteiger partial charge in [-0.25, -0.2) is 0 Å². The minimum atomic E-state index is 0. The van der Waals surface area contributed by atoms with E-state index in [1.165, 1.54) is 28.0 Å². The topological polar surface area (TPSA) is 44.9 Å². The van der Waals surface area contributed by atoms with Crippen molar-refractivity contribution in [1.29, 1.82) is 0 Å². The Hall–Kier alpha value is -1.62. The third-order valence-corrected chi connectivity index (χ3v) is 4.60. The van der Waals surface area contributed by atoms with E-state index in [0.717, 1.165) is 36.1 Å². The van der Waals surface area contributed by atoms with Crippen molar-refractivity contribution in [3.05, 3.63) is 68.8 Å². The molecule has 23 heavy (non-hydrogen) atoms. The predicted molar refractivity (Wildman–Crippen MR) is 101 cm³/mol. The average molecular weight is 349 g/mol. The summed E-state index contributed by atoms with van der Waals surface area (Å²) in [6.07, 6.45) is 2.12. The Kier molecular flexibility index (Phi) is 6.39. The Morgan fingerprint density at radius 1 is 1.09 bits per heavy atom. The molecule has 0 aliphatic heterocycles. The van der Waals surface area contributed by atoms with Crippen LogP contribution in [0.15, 0.2) is 47.3 Å². The number of aromatic amines is 1. The zero-order valence-electron chi connectivity index (χ0n) is 13.1. The van der Waals surface area contributed by atoms with Crippen molar-refractivity contribution in [3.63, 3.8) is 0 Å². The van der Waals surface area contributed by atoms with Crippen LogP contribution in [0, 0.1) is 6.92 Å². The number of rotatable bonds is 6. The summed E-state index contributed by atoms with van der Waals surface area (Å²) in [5, 5.41) is 3.48. The van der Waals surface area contributed by atoms with Crippen LogP contribution >= 0.6 is 23.7 Å². The first kappa shape index (κ1) is 17.7. The number of halogens is 1. The second-order valence-electron chi connectivity index (χ2n) is 5.61. The molecule has 2 N–H and O–H groups in total. The van der Waals surface area contributed by atoms with Crippen molar-refractivity contribution >= 4 is 34.0 Å². The van der Waals surface area contributed by atoms with Crippen LogP contribution < -0.4 is 10.2 Å². The highest BCUT2D eigenvalue weighted by Gasteiger charge is 2.01. The maximum atomic E-state index is 11.3. The van der Waals surface area contributed by atoms with Crippen molar-refractivity contribution in [1.82, 2.24) is 10.3 Å². The van der Waals surface area contributed by atoms with E-state index >= 15 is 0 Å². The van der Waals surface area contributed by atoms with E-state index in [0.29, 0.717) is 0 Å². The molecule has 3 nitrogen and oxygen atoms in total. The molecule has 5 heteroatoms. The molecule has 0 aliphatic rings. The van der Waals surface area contributed by atoms with E-state index in [4.69, 9.17) is 0 Å². The highest BCUT2D eigenvalue weighted by atomic mass is 35.5. The van der Waals surface area contributed by atoms with Gasteiger partial charge in [-0.2, -0.15) is 0 Å². The minimum absolute atomic E-state index is 0. The molecule has 0 aliphatic carbocycles. The lowest BCUT2D eigenvalue weighted by atomic mass is 10.1. The SMILES string of the molecule is Cc1ccc(CNCCCc2ccc3[nH]c(=O)sc3c2)cc1.Cl. The normalized spacial score (nSPS) is 10.7. The van der Waals surface area contributed by atoms with Crippen LogP contribution in [0.2, 0.25) is 0 Å². The summed E-state index contributed by atoms with van der Waals surface area (Å²) in [6.45, 7) is 4.02. The van der Waals surface area contributed by atoms with E-state index < -0.39 is 0 Å². The van der Waals surface area contributed by atoms with Gasteiger partial charge in [-0.15, -0.1) is 12.4 Å². The molecule has 0 atom stereocenters. The van der Waals surface area contributed by atoms with Gasteiger partial charge >= 0.3 is 4.87 Å². The first-order valence-electron chi connectivity index (χ1n) is 7.59. The second-order valence-corrected chi connectivity index (χ2v) is 6.63. The lowest BCUT2D eigenvalue weighted by molar-refractivity contribution is 0.649. The van der Waals surface area contributed by atoms with Crippen LogP contribution in [0.25, 0.3) is 10.2 Å². The number of fused-ring (bicyclic) bond motifs is 1. The summed E-state index contributed by atoms with van der Waals surface area (Å²) in [4.78, 5) is 14.2. The number of nitrogens with one attached hydrogen (secondary N) is 2. The van der Waals surface area contributed by atoms with Crippen LogP contribution in [0.5, 0.6) is 0 Å². The van der Waals surface area contributed by atoms with Crippen LogP contribution in [-0.4, -0.2) is 11.5 Å². The first-order chi connectivity index (χ1) is 10.7. The number of hydrogen-bond acceptors (Lipinski definition) is 3. The molecular formula is C18H21ClN2OS. The molecule has 0 radical (unpaired) electrons. The highest BCUT2D eigenvalue weighted by molar-refractivity contribution is 7.16. The van der Waals surface area contributed by atoms with Gasteiger partial charge in [-0.1, -0.05) is 47.2 Å². The maximum Gasteiger partial charge on any atom is 0.305 e. The molecule has 3 aromatic rings. The Morgan fingerprint density at radius 3 is 2.61 bits per heavy atom. The Morgan fingerprint density at radius 2 is 1.83 bits per heavy atom. The summed E-state index contributed by atoms with van der Waals surface area (Å²) < 4.78 is 1.05. The van der Waals surface area contributed by atoms with E-state index in [1.807, 2.05) is 6.07 Å². The second kappa shape index (κ2) is 8.29. The minimum Gasteiger partial charge on any atom is -0.313 e.